The smallest absolute Gasteiger partial charge is 0.316 e. The van der Waals surface area contributed by atoms with Crippen LogP contribution in [0.5, 0.6) is 0 Å². The molecule has 0 rings (SSSR count). The van der Waals surface area contributed by atoms with Crippen LogP contribution in [-0.4, -0.2) is 18.1 Å². The predicted molar refractivity (Wildman–Crippen MR) is 35.7 cm³/mol. The third-order valence-electron chi connectivity index (χ3n) is 1.86. The highest BCUT2D eigenvalue weighted by Gasteiger charge is 2.54. The van der Waals surface area contributed by atoms with Gasteiger partial charge in [-0.15, -0.1) is 0 Å². The van der Waals surface area contributed by atoms with Gasteiger partial charge in [0, 0.05) is 0 Å². The molecule has 0 aliphatic heterocycles. The van der Waals surface area contributed by atoms with Gasteiger partial charge < -0.3 is 5.73 Å². The Balaban J connectivity index is 4.73. The summed E-state index contributed by atoms with van der Waals surface area (Å²) in [5, 5.41) is 0. The van der Waals surface area contributed by atoms with Crippen LogP contribution in [0.3, 0.4) is 0 Å². The molecule has 0 bridgehead atoms. The minimum atomic E-state index is -4.49. The number of hydrogen-bond acceptors (Lipinski definition) is 2. The molecule has 0 saturated heterocycles. The summed E-state index contributed by atoms with van der Waals surface area (Å²) >= 11 is 0. The highest BCUT2D eigenvalue weighted by Crippen LogP contribution is 2.39. The van der Waals surface area contributed by atoms with Crippen molar-refractivity contribution in [2.45, 2.75) is 26.1 Å². The molecular weight excluding hydrogens is 173 g/mol. The van der Waals surface area contributed by atoms with Gasteiger partial charge in [-0.1, -0.05) is 0 Å². The van der Waals surface area contributed by atoms with Gasteiger partial charge in [0.2, 0.25) is 0 Å². The van der Waals surface area contributed by atoms with E-state index in [-0.39, 0.29) is 0 Å². The van der Waals surface area contributed by atoms with E-state index in [2.05, 4.69) is 5.73 Å². The fourth-order valence-corrected chi connectivity index (χ4v) is 0.579. The van der Waals surface area contributed by atoms with Crippen LogP contribution < -0.4 is 11.5 Å². The zero-order valence-corrected chi connectivity index (χ0v) is 6.90. The van der Waals surface area contributed by atoms with Gasteiger partial charge in [0.1, 0.15) is 6.04 Å². The Kier molecular flexibility index (Phi) is 2.87. The Hall–Kier alpha value is -0.620. The standard InChI is InChI=1S/C6H11F3N2O/c1-5(2,6(7,8)9)3(10)4(11)12/h3H,10H2,1-2H3,(H2,11,12)/p+1. The summed E-state index contributed by atoms with van der Waals surface area (Å²) in [6.45, 7) is 1.75. The Morgan fingerprint density at radius 1 is 1.42 bits per heavy atom. The highest BCUT2D eigenvalue weighted by molar-refractivity contribution is 5.72. The molecule has 5 N–H and O–H groups in total. The first-order valence-electron chi connectivity index (χ1n) is 3.29. The number of carbonyl (C=O) groups excluding carboxylic acids is 1. The zero-order valence-electron chi connectivity index (χ0n) is 6.90. The summed E-state index contributed by atoms with van der Waals surface area (Å²) in [4.78, 5) is 10.5. The summed E-state index contributed by atoms with van der Waals surface area (Å²) < 4.78 is 36.6. The largest absolute Gasteiger partial charge is 0.396 e. The number of amides is 1. The third-order valence-corrected chi connectivity index (χ3v) is 1.86. The van der Waals surface area contributed by atoms with Crippen molar-refractivity contribution >= 4 is 5.91 Å². The molecular formula is C6H12F3N2O+. The van der Waals surface area contributed by atoms with Crippen molar-refractivity contribution in [2.75, 3.05) is 0 Å². The molecule has 0 aromatic heterocycles. The number of nitrogens with two attached hydrogens (primary N) is 1. The van der Waals surface area contributed by atoms with Crippen LogP contribution in [0, 0.1) is 5.41 Å². The van der Waals surface area contributed by atoms with Crippen molar-refractivity contribution in [2.24, 2.45) is 11.1 Å². The van der Waals surface area contributed by atoms with Crippen LogP contribution in [0.4, 0.5) is 13.2 Å². The van der Waals surface area contributed by atoms with Crippen LogP contribution in [0.2, 0.25) is 0 Å². The lowest BCUT2D eigenvalue weighted by atomic mass is 9.84. The van der Waals surface area contributed by atoms with E-state index in [9.17, 15) is 18.0 Å². The van der Waals surface area contributed by atoms with Crippen LogP contribution in [0.25, 0.3) is 0 Å². The van der Waals surface area contributed by atoms with Crippen molar-refractivity contribution in [3.8, 4) is 0 Å². The van der Waals surface area contributed by atoms with Crippen molar-refractivity contribution in [3.63, 3.8) is 0 Å². The number of carbonyl (C=O) groups is 1. The second kappa shape index (κ2) is 3.02. The fourth-order valence-electron chi connectivity index (χ4n) is 0.579. The molecule has 0 aromatic rings. The third kappa shape index (κ3) is 1.95. The van der Waals surface area contributed by atoms with Crippen LogP contribution >= 0.6 is 0 Å². The fraction of sp³-hybridized carbons (Fsp3) is 0.833. The molecule has 1 amide bonds. The molecule has 0 saturated carbocycles. The van der Waals surface area contributed by atoms with Gasteiger partial charge in [-0.2, -0.15) is 13.2 Å². The number of rotatable bonds is 2. The summed E-state index contributed by atoms with van der Waals surface area (Å²) in [7, 11) is 0. The number of quaternary nitrogens is 1. The van der Waals surface area contributed by atoms with E-state index < -0.39 is 23.5 Å². The number of alkyl halides is 3. The molecule has 6 heteroatoms. The molecule has 72 valence electrons. The molecule has 0 spiro atoms. The van der Waals surface area contributed by atoms with Crippen molar-refractivity contribution in [1.82, 2.24) is 0 Å². The van der Waals surface area contributed by atoms with Crippen LogP contribution in [-0.2, 0) is 4.79 Å². The van der Waals surface area contributed by atoms with Gasteiger partial charge in [-0.3, -0.25) is 5.73 Å². The number of hydrogen-bond donors (Lipinski definition) is 2. The minimum Gasteiger partial charge on any atom is -0.316 e. The van der Waals surface area contributed by atoms with Gasteiger partial charge in [0.05, 0.1) is 5.41 Å². The molecule has 0 aromatic carbocycles. The SMILES string of the molecule is CC(C)(C(N)C([NH3+])=O)C(F)(F)F. The summed E-state index contributed by atoms with van der Waals surface area (Å²) in [6, 6.07) is -1.60. The maximum atomic E-state index is 12.2. The van der Waals surface area contributed by atoms with E-state index in [1.807, 2.05) is 0 Å². The lowest BCUT2D eigenvalue weighted by Crippen LogP contribution is -2.69. The van der Waals surface area contributed by atoms with Crippen molar-refractivity contribution < 1.29 is 23.7 Å². The zero-order chi connectivity index (χ0) is 10.2. The van der Waals surface area contributed by atoms with E-state index in [4.69, 9.17) is 5.73 Å². The van der Waals surface area contributed by atoms with E-state index in [0.717, 1.165) is 13.8 Å². The van der Waals surface area contributed by atoms with Gasteiger partial charge in [-0.25, -0.2) is 4.79 Å². The second-order valence-corrected chi connectivity index (χ2v) is 3.16. The van der Waals surface area contributed by atoms with Gasteiger partial charge >= 0.3 is 12.1 Å². The van der Waals surface area contributed by atoms with E-state index in [1.165, 1.54) is 0 Å². The van der Waals surface area contributed by atoms with Crippen LogP contribution in [0.1, 0.15) is 13.8 Å². The summed E-state index contributed by atoms with van der Waals surface area (Å²) in [5.41, 5.74) is 5.69. The molecule has 0 aliphatic carbocycles. The summed E-state index contributed by atoms with van der Waals surface area (Å²) in [5.74, 6) is -0.905. The second-order valence-electron chi connectivity index (χ2n) is 3.16. The monoisotopic (exact) mass is 185 g/mol. The molecule has 0 aliphatic rings. The van der Waals surface area contributed by atoms with Crippen molar-refractivity contribution in [1.29, 1.82) is 0 Å². The molecule has 1 atom stereocenters. The maximum Gasteiger partial charge on any atom is 0.396 e. The molecule has 0 fully saturated rings. The predicted octanol–water partition coefficient (Wildman–Crippen LogP) is -0.329. The topological polar surface area (TPSA) is 70.7 Å². The first kappa shape index (κ1) is 11.4. The lowest BCUT2D eigenvalue weighted by Gasteiger charge is -2.30. The maximum absolute atomic E-state index is 12.2. The first-order chi connectivity index (χ1) is 5.10. The van der Waals surface area contributed by atoms with Gasteiger partial charge in [0.25, 0.3) is 0 Å². The average molecular weight is 185 g/mol. The molecule has 0 heterocycles. The molecule has 3 nitrogen and oxygen atoms in total. The van der Waals surface area contributed by atoms with E-state index >= 15 is 0 Å². The Labute approximate surface area is 67.9 Å². The van der Waals surface area contributed by atoms with Gasteiger partial charge in [0.15, 0.2) is 0 Å². The lowest BCUT2D eigenvalue weighted by molar-refractivity contribution is -0.317. The number of halogens is 3. The Bertz CT molecular complexity index is 188. The minimum absolute atomic E-state index is 0.876. The first-order valence-corrected chi connectivity index (χ1v) is 3.29. The molecule has 1 unspecified atom stereocenters. The Morgan fingerprint density at radius 2 is 1.75 bits per heavy atom. The average Bonchev–Trinajstić information content (AvgIpc) is 1.83. The van der Waals surface area contributed by atoms with E-state index in [1.54, 1.807) is 0 Å². The van der Waals surface area contributed by atoms with Gasteiger partial charge in [-0.05, 0) is 13.8 Å². The highest BCUT2D eigenvalue weighted by atomic mass is 19.4. The normalized spacial score (nSPS) is 15.9. The quantitative estimate of drug-likeness (QED) is 0.618. The van der Waals surface area contributed by atoms with Crippen LogP contribution in [0.15, 0.2) is 0 Å². The van der Waals surface area contributed by atoms with Crippen molar-refractivity contribution in [3.05, 3.63) is 0 Å². The molecule has 0 radical (unpaired) electrons. The summed E-state index contributed by atoms with van der Waals surface area (Å²) in [6.07, 6.45) is -4.49. The Morgan fingerprint density at radius 3 is 1.83 bits per heavy atom. The molecule has 12 heavy (non-hydrogen) atoms. The van der Waals surface area contributed by atoms with E-state index in [0.29, 0.717) is 0 Å².